The number of nitrogens with zero attached hydrogens (tertiary/aromatic N) is 5. The molecular weight excluding hydrogens is 459 g/mol. The van der Waals surface area contributed by atoms with Gasteiger partial charge in [0.05, 0.1) is 25.1 Å². The van der Waals surface area contributed by atoms with Crippen LogP contribution in [0.1, 0.15) is 32.7 Å². The predicted molar refractivity (Wildman–Crippen MR) is 128 cm³/mol. The van der Waals surface area contributed by atoms with Crippen molar-refractivity contribution >= 4 is 34.3 Å². The summed E-state index contributed by atoms with van der Waals surface area (Å²) in [5, 5.41) is 4.30. The second kappa shape index (κ2) is 8.32. The quantitative estimate of drug-likeness (QED) is 0.578. The lowest BCUT2D eigenvalue weighted by Crippen LogP contribution is -2.27. The van der Waals surface area contributed by atoms with Gasteiger partial charge < -0.3 is 24.3 Å². The van der Waals surface area contributed by atoms with Gasteiger partial charge in [0, 0.05) is 35.8 Å². The third-order valence-electron chi connectivity index (χ3n) is 7.17. The zero-order valence-corrected chi connectivity index (χ0v) is 20.0. The Kier molecular flexibility index (Phi) is 5.38. The molecular formula is C24H28ClFN6O2. The van der Waals surface area contributed by atoms with Crippen LogP contribution in [0, 0.1) is 5.92 Å². The minimum absolute atomic E-state index is 0.0925. The Balaban J connectivity index is 1.23. The number of imidazole rings is 1. The molecule has 3 fully saturated rings. The third-order valence-corrected chi connectivity index (χ3v) is 7.40. The second-order valence-corrected chi connectivity index (χ2v) is 10.3. The highest BCUT2D eigenvalue weighted by atomic mass is 35.5. The van der Waals surface area contributed by atoms with Crippen molar-refractivity contribution in [3.05, 3.63) is 41.9 Å². The van der Waals surface area contributed by atoms with Crippen LogP contribution in [0.25, 0.3) is 11.2 Å². The summed E-state index contributed by atoms with van der Waals surface area (Å²) in [5.41, 5.74) is 2.55. The molecule has 2 aromatic heterocycles. The molecule has 0 radical (unpaired) electrons. The van der Waals surface area contributed by atoms with Crippen molar-refractivity contribution in [2.24, 2.45) is 5.92 Å². The van der Waals surface area contributed by atoms with E-state index in [2.05, 4.69) is 31.2 Å². The summed E-state index contributed by atoms with van der Waals surface area (Å²) >= 11 is 6.17. The molecule has 6 rings (SSSR count). The van der Waals surface area contributed by atoms with Crippen LogP contribution in [0.4, 0.5) is 15.9 Å². The van der Waals surface area contributed by atoms with Gasteiger partial charge in [-0.2, -0.15) is 0 Å². The molecule has 4 heterocycles. The molecule has 5 atom stereocenters. The molecule has 2 saturated heterocycles. The Morgan fingerprint density at radius 2 is 2.06 bits per heavy atom. The van der Waals surface area contributed by atoms with E-state index in [0.29, 0.717) is 17.8 Å². The van der Waals surface area contributed by atoms with Gasteiger partial charge in [0.25, 0.3) is 0 Å². The third kappa shape index (κ3) is 3.79. The molecule has 0 bridgehead atoms. The summed E-state index contributed by atoms with van der Waals surface area (Å²) in [6, 6.07) is 8.06. The lowest BCUT2D eigenvalue weighted by molar-refractivity contribution is -0.160. The predicted octanol–water partition coefficient (Wildman–Crippen LogP) is 4.22. The standard InChI is InChI=1S/C24H28ClFN6O2/c1-24(2)33-20-14(10-26)8-18(21(20)34-24)32-13-29-19-22(27-12-28-23(19)32)30-16-6-7-31(11-16)17-5-3-4-15(25)9-17/h3-5,9,12-14,16,18,20-21H,6-8,10-11H2,1-2H3,(H,27,28,30)/t14-,16-,18+,20+,21-/m0/s1. The minimum atomic E-state index is -0.725. The van der Waals surface area contributed by atoms with Crippen LogP contribution in [0.15, 0.2) is 36.9 Å². The highest BCUT2D eigenvalue weighted by Gasteiger charge is 2.54. The van der Waals surface area contributed by atoms with Crippen LogP contribution in [0.5, 0.6) is 0 Å². The molecule has 0 amide bonds. The normalized spacial score (nSPS) is 30.2. The van der Waals surface area contributed by atoms with Gasteiger partial charge in [-0.05, 0) is 44.9 Å². The van der Waals surface area contributed by atoms with E-state index in [4.69, 9.17) is 21.1 Å². The number of anilines is 2. The number of halogens is 2. The average Bonchev–Trinajstić information content (AvgIpc) is 3.56. The zero-order chi connectivity index (χ0) is 23.4. The molecule has 2 aliphatic heterocycles. The highest BCUT2D eigenvalue weighted by molar-refractivity contribution is 6.30. The van der Waals surface area contributed by atoms with E-state index in [-0.39, 0.29) is 30.2 Å². The summed E-state index contributed by atoms with van der Waals surface area (Å²) in [6.07, 6.45) is 4.43. The van der Waals surface area contributed by atoms with Crippen molar-refractivity contribution in [1.82, 2.24) is 19.5 Å². The molecule has 0 spiro atoms. The Morgan fingerprint density at radius 3 is 2.88 bits per heavy atom. The molecule has 34 heavy (non-hydrogen) atoms. The number of fused-ring (bicyclic) bond motifs is 2. The van der Waals surface area contributed by atoms with E-state index in [1.807, 2.05) is 36.6 Å². The summed E-state index contributed by atoms with van der Waals surface area (Å²) < 4.78 is 28.0. The van der Waals surface area contributed by atoms with E-state index < -0.39 is 12.5 Å². The summed E-state index contributed by atoms with van der Waals surface area (Å²) in [4.78, 5) is 16.0. The molecule has 8 nitrogen and oxygen atoms in total. The molecule has 1 aromatic carbocycles. The average molecular weight is 487 g/mol. The van der Waals surface area contributed by atoms with Gasteiger partial charge in [-0.3, -0.25) is 4.39 Å². The Bertz CT molecular complexity index is 1210. The molecule has 10 heteroatoms. The number of rotatable bonds is 5. The van der Waals surface area contributed by atoms with Crippen LogP contribution < -0.4 is 10.2 Å². The minimum Gasteiger partial charge on any atom is -0.369 e. The van der Waals surface area contributed by atoms with Crippen molar-refractivity contribution in [2.45, 2.75) is 56.8 Å². The lowest BCUT2D eigenvalue weighted by Gasteiger charge is -2.23. The molecule has 1 N–H and O–H groups in total. The SMILES string of the molecule is CC1(C)O[C@@H]2[C@H](CF)C[C@@H](n3cnc4c(N[C@H]5CCN(c6cccc(Cl)c6)C5)ncnc43)[C@@H]2O1. The molecule has 1 aliphatic carbocycles. The van der Waals surface area contributed by atoms with Crippen LogP contribution in [-0.2, 0) is 9.47 Å². The Morgan fingerprint density at radius 1 is 1.21 bits per heavy atom. The summed E-state index contributed by atoms with van der Waals surface area (Å²) in [7, 11) is 0. The number of benzene rings is 1. The van der Waals surface area contributed by atoms with Crippen LogP contribution in [0.3, 0.4) is 0 Å². The number of nitrogens with one attached hydrogen (secondary N) is 1. The molecule has 3 aromatic rings. The van der Waals surface area contributed by atoms with Gasteiger partial charge in [-0.15, -0.1) is 0 Å². The Labute approximate surface area is 202 Å². The number of aromatic nitrogens is 4. The van der Waals surface area contributed by atoms with E-state index in [0.717, 1.165) is 35.9 Å². The fourth-order valence-corrected chi connectivity index (χ4v) is 5.84. The molecule has 1 saturated carbocycles. The van der Waals surface area contributed by atoms with Gasteiger partial charge in [-0.1, -0.05) is 17.7 Å². The second-order valence-electron chi connectivity index (χ2n) is 9.88. The fraction of sp³-hybridized carbons (Fsp3) is 0.542. The summed E-state index contributed by atoms with van der Waals surface area (Å²) in [5.74, 6) is -0.219. The number of alkyl halides is 1. The van der Waals surface area contributed by atoms with Crippen molar-refractivity contribution in [3.8, 4) is 0 Å². The maximum absolute atomic E-state index is 13.8. The maximum Gasteiger partial charge on any atom is 0.165 e. The van der Waals surface area contributed by atoms with Gasteiger partial charge >= 0.3 is 0 Å². The lowest BCUT2D eigenvalue weighted by atomic mass is 10.1. The van der Waals surface area contributed by atoms with Gasteiger partial charge in [0.15, 0.2) is 17.3 Å². The Hall–Kier alpha value is -2.49. The van der Waals surface area contributed by atoms with Crippen molar-refractivity contribution in [2.75, 3.05) is 30.0 Å². The van der Waals surface area contributed by atoms with E-state index in [1.165, 1.54) is 0 Å². The number of ether oxygens (including phenoxy) is 2. The van der Waals surface area contributed by atoms with Crippen LogP contribution in [-0.4, -0.2) is 63.3 Å². The molecule has 3 aliphatic rings. The van der Waals surface area contributed by atoms with Gasteiger partial charge in [-0.25, -0.2) is 15.0 Å². The van der Waals surface area contributed by atoms with Gasteiger partial charge in [0.1, 0.15) is 17.9 Å². The topological polar surface area (TPSA) is 77.3 Å². The first-order valence-electron chi connectivity index (χ1n) is 11.8. The van der Waals surface area contributed by atoms with Gasteiger partial charge in [0.2, 0.25) is 0 Å². The maximum atomic E-state index is 13.8. The smallest absolute Gasteiger partial charge is 0.165 e. The van der Waals surface area contributed by atoms with Crippen molar-refractivity contribution < 1.29 is 13.9 Å². The largest absolute Gasteiger partial charge is 0.369 e. The van der Waals surface area contributed by atoms with Crippen LogP contribution >= 0.6 is 11.6 Å². The zero-order valence-electron chi connectivity index (χ0n) is 19.2. The number of hydrogen-bond acceptors (Lipinski definition) is 7. The number of hydrogen-bond donors (Lipinski definition) is 1. The van der Waals surface area contributed by atoms with Crippen molar-refractivity contribution in [1.29, 1.82) is 0 Å². The van der Waals surface area contributed by atoms with Crippen LogP contribution in [0.2, 0.25) is 5.02 Å². The first-order valence-corrected chi connectivity index (χ1v) is 12.2. The van der Waals surface area contributed by atoms with E-state index >= 15 is 0 Å². The highest BCUT2D eigenvalue weighted by Crippen LogP contribution is 2.47. The molecule has 180 valence electrons. The monoisotopic (exact) mass is 486 g/mol. The molecule has 0 unspecified atom stereocenters. The van der Waals surface area contributed by atoms with Crippen molar-refractivity contribution in [3.63, 3.8) is 0 Å². The first-order chi connectivity index (χ1) is 16.4. The fourth-order valence-electron chi connectivity index (χ4n) is 5.66. The van der Waals surface area contributed by atoms with E-state index in [1.54, 1.807) is 12.7 Å². The first kappa shape index (κ1) is 22.0. The summed E-state index contributed by atoms with van der Waals surface area (Å²) in [6.45, 7) is 5.10. The van der Waals surface area contributed by atoms with E-state index in [9.17, 15) is 4.39 Å².